The van der Waals surface area contributed by atoms with Gasteiger partial charge >= 0.3 is 0 Å². The van der Waals surface area contributed by atoms with Crippen molar-refractivity contribution in [3.63, 3.8) is 0 Å². The summed E-state index contributed by atoms with van der Waals surface area (Å²) in [7, 11) is 0. The van der Waals surface area contributed by atoms with E-state index in [9.17, 15) is 5.11 Å². The predicted molar refractivity (Wildman–Crippen MR) is 111 cm³/mol. The fourth-order valence-electron chi connectivity index (χ4n) is 5.42. The van der Waals surface area contributed by atoms with E-state index in [1.807, 2.05) is 0 Å². The Morgan fingerprint density at radius 3 is 2.48 bits per heavy atom. The van der Waals surface area contributed by atoms with Crippen molar-refractivity contribution in [2.24, 2.45) is 17.8 Å². The maximum Gasteiger partial charge on any atom is 0.126 e. The van der Waals surface area contributed by atoms with Crippen LogP contribution in [0.3, 0.4) is 0 Å². The second-order valence-corrected chi connectivity index (χ2v) is 9.67. The van der Waals surface area contributed by atoms with Crippen LogP contribution < -0.4 is 0 Å². The third kappa shape index (κ3) is 5.79. The van der Waals surface area contributed by atoms with Gasteiger partial charge in [0, 0.05) is 18.4 Å². The molecule has 4 unspecified atom stereocenters. The summed E-state index contributed by atoms with van der Waals surface area (Å²) in [5.74, 6) is 2.06. The van der Waals surface area contributed by atoms with E-state index in [1.54, 1.807) is 0 Å². The van der Waals surface area contributed by atoms with Crippen LogP contribution in [0.2, 0.25) is 0 Å². The lowest BCUT2D eigenvalue weighted by Crippen LogP contribution is -2.50. The minimum Gasteiger partial charge on any atom is -0.385 e. The number of rotatable bonds is 8. The van der Waals surface area contributed by atoms with Crippen molar-refractivity contribution in [2.75, 3.05) is 26.2 Å². The van der Waals surface area contributed by atoms with Crippen LogP contribution in [0.1, 0.15) is 58.4 Å². The Kier molecular flexibility index (Phi) is 7.35. The number of aliphatic hydroxyl groups excluding tert-OH is 1. The van der Waals surface area contributed by atoms with E-state index in [4.69, 9.17) is 4.74 Å². The summed E-state index contributed by atoms with van der Waals surface area (Å²) in [5.41, 5.74) is 1.38. The van der Waals surface area contributed by atoms with Gasteiger partial charge in [0.2, 0.25) is 0 Å². The van der Waals surface area contributed by atoms with Gasteiger partial charge in [-0.25, -0.2) is 0 Å². The lowest BCUT2D eigenvalue weighted by atomic mass is 9.75. The van der Waals surface area contributed by atoms with Crippen LogP contribution in [-0.4, -0.2) is 48.0 Å². The van der Waals surface area contributed by atoms with Crippen LogP contribution in [0.4, 0.5) is 0 Å². The molecule has 1 heterocycles. The standard InChI is InChI=1S/C24H40NO2/c1-19(2)23-12-11-20(3)15-24(23)27-18-22(26)17-25(13-7-8-14-25)16-21-9-5-4-6-10-21/h4-6,9-10,19-20,22-24,26H,7-8,11-18H2,1-3H3/q+1. The highest BCUT2D eigenvalue weighted by Gasteiger charge is 2.36. The number of hydrogen-bond acceptors (Lipinski definition) is 2. The van der Waals surface area contributed by atoms with Gasteiger partial charge in [0.15, 0.2) is 0 Å². The van der Waals surface area contributed by atoms with E-state index in [-0.39, 0.29) is 6.10 Å². The normalized spacial score (nSPS) is 29.1. The number of ether oxygens (including phenoxy) is 1. The molecule has 1 aliphatic heterocycles. The molecule has 0 spiro atoms. The zero-order valence-corrected chi connectivity index (χ0v) is 17.6. The van der Waals surface area contributed by atoms with E-state index >= 15 is 0 Å². The number of quaternary nitrogens is 1. The van der Waals surface area contributed by atoms with Gasteiger partial charge in [0.1, 0.15) is 19.2 Å². The van der Waals surface area contributed by atoms with Crippen LogP contribution in [0, 0.1) is 17.8 Å². The molecule has 3 rings (SSSR count). The third-order valence-corrected chi connectivity index (χ3v) is 6.94. The average Bonchev–Trinajstić information content (AvgIpc) is 3.08. The first-order valence-corrected chi connectivity index (χ1v) is 11.2. The number of aliphatic hydroxyl groups is 1. The van der Waals surface area contributed by atoms with Gasteiger partial charge in [0.05, 0.1) is 25.8 Å². The largest absolute Gasteiger partial charge is 0.385 e. The van der Waals surface area contributed by atoms with Gasteiger partial charge in [-0.2, -0.15) is 0 Å². The topological polar surface area (TPSA) is 29.5 Å². The molecule has 152 valence electrons. The summed E-state index contributed by atoms with van der Waals surface area (Å²) in [4.78, 5) is 0. The highest BCUT2D eigenvalue weighted by molar-refractivity contribution is 5.13. The lowest BCUT2D eigenvalue weighted by molar-refractivity contribution is -0.932. The van der Waals surface area contributed by atoms with Gasteiger partial charge < -0.3 is 14.3 Å². The molecule has 4 atom stereocenters. The second kappa shape index (κ2) is 9.54. The molecule has 0 amide bonds. The zero-order chi connectivity index (χ0) is 19.3. The molecule has 1 aromatic carbocycles. The maximum atomic E-state index is 10.8. The number of benzene rings is 1. The smallest absolute Gasteiger partial charge is 0.126 e. The van der Waals surface area contributed by atoms with Crippen molar-refractivity contribution in [3.8, 4) is 0 Å². The van der Waals surface area contributed by atoms with Crippen LogP contribution >= 0.6 is 0 Å². The summed E-state index contributed by atoms with van der Waals surface area (Å²) in [6.07, 6.45) is 6.25. The Labute approximate surface area is 166 Å². The maximum absolute atomic E-state index is 10.8. The molecule has 0 bridgehead atoms. The summed E-state index contributed by atoms with van der Waals surface area (Å²) in [5, 5.41) is 10.8. The first kappa shape index (κ1) is 20.8. The number of hydrogen-bond donors (Lipinski definition) is 1. The molecule has 0 radical (unpaired) electrons. The van der Waals surface area contributed by atoms with E-state index < -0.39 is 0 Å². The molecule has 0 aromatic heterocycles. The molecule has 3 nitrogen and oxygen atoms in total. The molecule has 27 heavy (non-hydrogen) atoms. The summed E-state index contributed by atoms with van der Waals surface area (Å²) in [6.45, 7) is 11.7. The van der Waals surface area contributed by atoms with Gasteiger partial charge in [0.25, 0.3) is 0 Å². The lowest BCUT2D eigenvalue weighted by Gasteiger charge is -2.39. The van der Waals surface area contributed by atoms with Crippen molar-refractivity contribution in [1.82, 2.24) is 0 Å². The van der Waals surface area contributed by atoms with Crippen molar-refractivity contribution >= 4 is 0 Å². The predicted octanol–water partition coefficient (Wildman–Crippen LogP) is 4.64. The Balaban J connectivity index is 1.55. The van der Waals surface area contributed by atoms with Crippen molar-refractivity contribution in [2.45, 2.75) is 71.6 Å². The minimum atomic E-state index is -0.364. The molecule has 2 aliphatic rings. The van der Waals surface area contributed by atoms with E-state index in [2.05, 4.69) is 51.1 Å². The number of likely N-dealkylation sites (tertiary alicyclic amines) is 1. The second-order valence-electron chi connectivity index (χ2n) is 9.67. The van der Waals surface area contributed by atoms with Gasteiger partial charge in [-0.15, -0.1) is 0 Å². The molecule has 2 fully saturated rings. The molecule has 3 heteroatoms. The summed E-state index contributed by atoms with van der Waals surface area (Å²) >= 11 is 0. The zero-order valence-electron chi connectivity index (χ0n) is 17.6. The first-order chi connectivity index (χ1) is 13.0. The third-order valence-electron chi connectivity index (χ3n) is 6.94. The van der Waals surface area contributed by atoms with Crippen LogP contribution in [0.15, 0.2) is 30.3 Å². The molecule has 1 aromatic rings. The molecule has 1 N–H and O–H groups in total. The number of nitrogens with zero attached hydrogens (tertiary/aromatic N) is 1. The van der Waals surface area contributed by atoms with Crippen molar-refractivity contribution in [3.05, 3.63) is 35.9 Å². The SMILES string of the molecule is CC1CCC(C(C)C)C(OCC(O)C[N+]2(Cc3ccccc3)CCCC2)C1. The summed E-state index contributed by atoms with van der Waals surface area (Å²) < 4.78 is 7.35. The molecule has 1 saturated carbocycles. The van der Waals surface area contributed by atoms with Crippen LogP contribution in [0.25, 0.3) is 0 Å². The molecule has 1 aliphatic carbocycles. The quantitative estimate of drug-likeness (QED) is 0.672. The van der Waals surface area contributed by atoms with E-state index in [1.165, 1.54) is 44.3 Å². The van der Waals surface area contributed by atoms with Crippen LogP contribution in [0.5, 0.6) is 0 Å². The summed E-state index contributed by atoms with van der Waals surface area (Å²) in [6, 6.07) is 10.8. The first-order valence-electron chi connectivity index (χ1n) is 11.2. The fraction of sp³-hybridized carbons (Fsp3) is 0.750. The minimum absolute atomic E-state index is 0.324. The Hall–Kier alpha value is -0.900. The van der Waals surface area contributed by atoms with E-state index in [0.29, 0.717) is 24.5 Å². The van der Waals surface area contributed by atoms with Crippen molar-refractivity contribution in [1.29, 1.82) is 0 Å². The highest BCUT2D eigenvalue weighted by atomic mass is 16.5. The van der Waals surface area contributed by atoms with Gasteiger partial charge in [-0.05, 0) is 30.6 Å². The van der Waals surface area contributed by atoms with Crippen molar-refractivity contribution < 1.29 is 14.3 Å². The van der Waals surface area contributed by atoms with E-state index in [0.717, 1.165) is 29.9 Å². The fourth-order valence-corrected chi connectivity index (χ4v) is 5.42. The monoisotopic (exact) mass is 374 g/mol. The average molecular weight is 375 g/mol. The Morgan fingerprint density at radius 1 is 1.11 bits per heavy atom. The highest BCUT2D eigenvalue weighted by Crippen LogP contribution is 2.35. The Morgan fingerprint density at radius 2 is 1.81 bits per heavy atom. The molecular formula is C24H40NO2+. The van der Waals surface area contributed by atoms with Gasteiger partial charge in [-0.3, -0.25) is 0 Å². The Bertz CT molecular complexity index is 553. The molecule has 1 saturated heterocycles. The molecular weight excluding hydrogens is 334 g/mol. The van der Waals surface area contributed by atoms with Crippen LogP contribution in [-0.2, 0) is 11.3 Å². The van der Waals surface area contributed by atoms with Gasteiger partial charge in [-0.1, -0.05) is 57.5 Å².